The van der Waals surface area contributed by atoms with Crippen LogP contribution in [0.4, 0.5) is 0 Å². The second-order valence-electron chi connectivity index (χ2n) is 9.46. The van der Waals surface area contributed by atoms with E-state index in [1.165, 1.54) is 19.3 Å². The van der Waals surface area contributed by atoms with E-state index >= 15 is 0 Å². The van der Waals surface area contributed by atoms with Gasteiger partial charge in [0, 0.05) is 31.1 Å². The second-order valence-corrected chi connectivity index (χ2v) is 9.46. The number of unbranched alkanes of at least 4 members (excludes halogenated alkanes) is 1. The van der Waals surface area contributed by atoms with Gasteiger partial charge in [0.05, 0.1) is 11.3 Å². The predicted molar refractivity (Wildman–Crippen MR) is 134 cm³/mol. The first-order valence-electron chi connectivity index (χ1n) is 12.8. The Bertz CT molecular complexity index is 1150. The zero-order valence-corrected chi connectivity index (χ0v) is 20.4. The van der Waals surface area contributed by atoms with Crippen LogP contribution in [-0.4, -0.2) is 36.6 Å². The molecule has 0 amide bonds. The summed E-state index contributed by atoms with van der Waals surface area (Å²) in [4.78, 5) is 33.6. The summed E-state index contributed by atoms with van der Waals surface area (Å²) in [5, 5.41) is 14.1. The van der Waals surface area contributed by atoms with Crippen molar-refractivity contribution in [2.45, 2.75) is 77.7 Å². The molecule has 0 bridgehead atoms. The van der Waals surface area contributed by atoms with Crippen LogP contribution < -0.4 is 0 Å². The van der Waals surface area contributed by atoms with Crippen molar-refractivity contribution in [2.24, 2.45) is 5.92 Å². The van der Waals surface area contributed by atoms with Crippen molar-refractivity contribution in [1.29, 1.82) is 0 Å². The van der Waals surface area contributed by atoms with Gasteiger partial charge in [-0.05, 0) is 36.5 Å². The first kappa shape index (κ1) is 24.8. The topological polar surface area (TPSA) is 98.0 Å². The van der Waals surface area contributed by atoms with Gasteiger partial charge in [-0.1, -0.05) is 69.7 Å². The van der Waals surface area contributed by atoms with Gasteiger partial charge in [0.15, 0.2) is 0 Å². The van der Waals surface area contributed by atoms with Crippen molar-refractivity contribution < 1.29 is 14.7 Å². The van der Waals surface area contributed by atoms with Gasteiger partial charge in [0.1, 0.15) is 5.82 Å². The molecule has 1 aliphatic carbocycles. The summed E-state index contributed by atoms with van der Waals surface area (Å²) < 4.78 is 1.89. The number of aromatic carboxylic acids is 1. The zero-order valence-electron chi connectivity index (χ0n) is 20.4. The first-order chi connectivity index (χ1) is 17.0. The van der Waals surface area contributed by atoms with Crippen LogP contribution in [0.25, 0.3) is 11.3 Å². The van der Waals surface area contributed by atoms with Crippen molar-refractivity contribution in [3.63, 3.8) is 0 Å². The molecule has 1 aromatic carbocycles. The van der Waals surface area contributed by atoms with Gasteiger partial charge >= 0.3 is 5.97 Å². The lowest BCUT2D eigenvalue weighted by Crippen LogP contribution is -2.14. The Morgan fingerprint density at radius 2 is 1.86 bits per heavy atom. The first-order valence-corrected chi connectivity index (χ1v) is 12.8. The highest BCUT2D eigenvalue weighted by Crippen LogP contribution is 2.27. The van der Waals surface area contributed by atoms with E-state index in [4.69, 9.17) is 0 Å². The fourth-order valence-corrected chi connectivity index (χ4v) is 4.80. The Morgan fingerprint density at radius 3 is 2.57 bits per heavy atom. The zero-order chi connectivity index (χ0) is 24.6. The highest BCUT2D eigenvalue weighted by Gasteiger charge is 2.22. The molecule has 0 saturated heterocycles. The monoisotopic (exact) mass is 474 g/mol. The molecule has 0 spiro atoms. The molecular formula is C28H34N4O3. The molecule has 2 heterocycles. The van der Waals surface area contributed by atoms with E-state index in [2.05, 4.69) is 22.0 Å². The van der Waals surface area contributed by atoms with E-state index < -0.39 is 5.97 Å². The van der Waals surface area contributed by atoms with Crippen LogP contribution in [0.1, 0.15) is 90.7 Å². The highest BCUT2D eigenvalue weighted by atomic mass is 16.4. The molecule has 1 fully saturated rings. The quantitative estimate of drug-likeness (QED) is 0.354. The molecule has 7 nitrogen and oxygen atoms in total. The number of carbonyl (C=O) groups is 2. The maximum Gasteiger partial charge on any atom is 0.336 e. The van der Waals surface area contributed by atoms with Crippen LogP contribution >= 0.6 is 0 Å². The van der Waals surface area contributed by atoms with Crippen LogP contribution in [0.15, 0.2) is 42.6 Å². The van der Waals surface area contributed by atoms with Gasteiger partial charge in [0.25, 0.3) is 0 Å². The minimum atomic E-state index is -0.967. The lowest BCUT2D eigenvalue weighted by Gasteiger charge is -2.19. The number of aromatic nitrogens is 4. The number of ketones is 1. The lowest BCUT2D eigenvalue weighted by atomic mass is 9.86. The molecule has 0 unspecified atom stereocenters. The SMILES string of the molecule is CCCCc1nc(C(=O)CC2CCCCC2)nn1CCc1ccc(-c2ccccc2C(=O)O)nc1. The Morgan fingerprint density at radius 1 is 1.06 bits per heavy atom. The van der Waals surface area contributed by atoms with E-state index in [1.54, 1.807) is 24.4 Å². The smallest absolute Gasteiger partial charge is 0.336 e. The van der Waals surface area contributed by atoms with Gasteiger partial charge < -0.3 is 5.11 Å². The maximum absolute atomic E-state index is 12.9. The molecule has 3 aromatic rings. The standard InChI is InChI=1S/C28H34N4O3/c1-2-3-13-26-30-27(25(33)18-20-9-5-4-6-10-20)31-32(26)17-16-21-14-15-24(29-19-21)22-11-7-8-12-23(22)28(34)35/h7-8,11-12,14-15,19-20H,2-6,9-10,13,16-18H2,1H3,(H,34,35). The number of pyridine rings is 1. The molecule has 35 heavy (non-hydrogen) atoms. The van der Waals surface area contributed by atoms with Gasteiger partial charge in [-0.3, -0.25) is 9.78 Å². The maximum atomic E-state index is 12.9. The third kappa shape index (κ3) is 6.41. The fraction of sp³-hybridized carbons (Fsp3) is 0.464. The van der Waals surface area contributed by atoms with E-state index in [-0.39, 0.29) is 11.3 Å². The fourth-order valence-electron chi connectivity index (χ4n) is 4.80. The van der Waals surface area contributed by atoms with Crippen molar-refractivity contribution in [2.75, 3.05) is 0 Å². The molecule has 1 N–H and O–H groups in total. The number of hydrogen-bond acceptors (Lipinski definition) is 5. The number of carboxylic acids is 1. The summed E-state index contributed by atoms with van der Waals surface area (Å²) in [6.07, 6.45) is 11.9. The van der Waals surface area contributed by atoms with Gasteiger partial charge in [-0.15, -0.1) is 5.10 Å². The summed E-state index contributed by atoms with van der Waals surface area (Å²) >= 11 is 0. The minimum absolute atomic E-state index is 0.0662. The third-order valence-corrected chi connectivity index (χ3v) is 6.82. The lowest BCUT2D eigenvalue weighted by molar-refractivity contribution is 0.0697. The van der Waals surface area contributed by atoms with E-state index in [1.807, 2.05) is 22.9 Å². The average Bonchev–Trinajstić information content (AvgIpc) is 3.30. The van der Waals surface area contributed by atoms with Crippen LogP contribution in [-0.2, 0) is 19.4 Å². The average molecular weight is 475 g/mol. The van der Waals surface area contributed by atoms with Crippen molar-refractivity contribution in [3.8, 4) is 11.3 Å². The number of benzene rings is 1. The molecule has 1 aliphatic rings. The number of aryl methyl sites for hydroxylation is 3. The largest absolute Gasteiger partial charge is 0.478 e. The predicted octanol–water partition coefficient (Wildman–Crippen LogP) is 5.78. The number of Topliss-reactive ketones (excluding diaryl/α,β-unsaturated/α-hetero) is 1. The van der Waals surface area contributed by atoms with Crippen LogP contribution in [0.3, 0.4) is 0 Å². The summed E-state index contributed by atoms with van der Waals surface area (Å²) in [5.41, 5.74) is 2.49. The molecule has 7 heteroatoms. The molecule has 1 saturated carbocycles. The summed E-state index contributed by atoms with van der Waals surface area (Å²) in [7, 11) is 0. The van der Waals surface area contributed by atoms with Gasteiger partial charge in [-0.25, -0.2) is 14.5 Å². The summed E-state index contributed by atoms with van der Waals surface area (Å²) in [6.45, 7) is 2.76. The van der Waals surface area contributed by atoms with Crippen molar-refractivity contribution in [3.05, 3.63) is 65.4 Å². The molecule has 184 valence electrons. The number of rotatable bonds is 11. The minimum Gasteiger partial charge on any atom is -0.478 e. The Balaban J connectivity index is 1.44. The van der Waals surface area contributed by atoms with E-state index in [0.29, 0.717) is 42.4 Å². The molecule has 4 rings (SSSR count). The second kappa shape index (κ2) is 11.9. The summed E-state index contributed by atoms with van der Waals surface area (Å²) in [5.74, 6) is 0.806. The van der Waals surface area contributed by atoms with Crippen LogP contribution in [0.5, 0.6) is 0 Å². The van der Waals surface area contributed by atoms with E-state index in [9.17, 15) is 14.7 Å². The molecule has 0 radical (unpaired) electrons. The Kier molecular flexibility index (Phi) is 8.40. The normalized spacial score (nSPS) is 14.2. The Hall–Kier alpha value is -3.35. The van der Waals surface area contributed by atoms with Gasteiger partial charge in [0.2, 0.25) is 11.6 Å². The number of hydrogen-bond donors (Lipinski definition) is 1. The Labute approximate surface area is 206 Å². The molecule has 0 aliphatic heterocycles. The van der Waals surface area contributed by atoms with Gasteiger partial charge in [-0.2, -0.15) is 0 Å². The van der Waals surface area contributed by atoms with Crippen molar-refractivity contribution >= 4 is 11.8 Å². The van der Waals surface area contributed by atoms with Crippen molar-refractivity contribution in [1.82, 2.24) is 19.7 Å². The van der Waals surface area contributed by atoms with Crippen LogP contribution in [0, 0.1) is 5.92 Å². The number of carbonyl (C=O) groups excluding carboxylic acids is 1. The summed E-state index contributed by atoms with van der Waals surface area (Å²) in [6, 6.07) is 10.7. The highest BCUT2D eigenvalue weighted by molar-refractivity contribution is 5.95. The van der Waals surface area contributed by atoms with E-state index in [0.717, 1.165) is 43.5 Å². The molecular weight excluding hydrogens is 440 g/mol. The third-order valence-electron chi connectivity index (χ3n) is 6.82. The number of nitrogens with zero attached hydrogens (tertiary/aromatic N) is 4. The number of carboxylic acid groups (broad SMARTS) is 1. The van der Waals surface area contributed by atoms with Crippen LogP contribution in [0.2, 0.25) is 0 Å². The molecule has 0 atom stereocenters. The molecule has 2 aromatic heterocycles.